The highest BCUT2D eigenvalue weighted by Crippen LogP contribution is 2.19. The van der Waals surface area contributed by atoms with Crippen molar-refractivity contribution in [3.05, 3.63) is 41.8 Å². The van der Waals surface area contributed by atoms with E-state index in [1.165, 1.54) is 70.6 Å². The summed E-state index contributed by atoms with van der Waals surface area (Å²) in [6.07, 6.45) is 21.6. The van der Waals surface area contributed by atoms with Crippen LogP contribution in [0.25, 0.3) is 11.1 Å². The van der Waals surface area contributed by atoms with Crippen molar-refractivity contribution in [2.75, 3.05) is 0 Å². The van der Waals surface area contributed by atoms with Crippen molar-refractivity contribution < 1.29 is 9.21 Å². The first-order valence-electron chi connectivity index (χ1n) is 11.8. The molecule has 0 atom stereocenters. The van der Waals surface area contributed by atoms with E-state index in [0.29, 0.717) is 12.0 Å². The smallest absolute Gasteiger partial charge is 0.264 e. The largest absolute Gasteiger partial charge is 0.434 e. The minimum Gasteiger partial charge on any atom is -0.434 e. The van der Waals surface area contributed by atoms with Gasteiger partial charge in [0.15, 0.2) is 5.58 Å². The number of carbonyl (C=O) groups excluding carboxylic acids is 1. The highest BCUT2D eigenvalue weighted by Gasteiger charge is 2.13. The van der Waals surface area contributed by atoms with Gasteiger partial charge < -0.3 is 4.42 Å². The molecule has 0 radical (unpaired) electrons. The molecule has 3 heteroatoms. The number of aromatic nitrogens is 1. The van der Waals surface area contributed by atoms with Crippen LogP contribution in [-0.4, -0.2) is 10.8 Å². The van der Waals surface area contributed by atoms with Gasteiger partial charge in [-0.15, -0.1) is 0 Å². The van der Waals surface area contributed by atoms with Crippen LogP contribution < -0.4 is 0 Å². The average molecular weight is 398 g/mol. The lowest BCUT2D eigenvalue weighted by atomic mass is 10.1. The first-order valence-corrected chi connectivity index (χ1v) is 11.8. The minimum absolute atomic E-state index is 0.0245. The van der Waals surface area contributed by atoms with Crippen LogP contribution in [0.3, 0.4) is 0 Å². The number of carbonyl (C=O) groups is 1. The van der Waals surface area contributed by atoms with E-state index in [9.17, 15) is 4.79 Å². The number of allylic oxidation sites excluding steroid dienone is 2. The van der Waals surface area contributed by atoms with Gasteiger partial charge in [0.2, 0.25) is 5.78 Å². The number of hydrogen-bond acceptors (Lipinski definition) is 3. The molecular formula is C26H39NO2. The zero-order valence-electron chi connectivity index (χ0n) is 18.5. The van der Waals surface area contributed by atoms with E-state index in [2.05, 4.69) is 24.1 Å². The Bertz CT molecular complexity index is 744. The second-order valence-corrected chi connectivity index (χ2v) is 8.25. The Morgan fingerprint density at radius 3 is 2.21 bits per heavy atom. The molecule has 1 aromatic heterocycles. The lowest BCUT2D eigenvalue weighted by Crippen LogP contribution is -1.98. The number of Topliss-reactive ketones (excluding diaryl/α,β-unsaturated/α-hetero) is 1. The summed E-state index contributed by atoms with van der Waals surface area (Å²) in [6.45, 7) is 4.28. The van der Waals surface area contributed by atoms with Gasteiger partial charge in [-0.2, -0.15) is 0 Å². The van der Waals surface area contributed by atoms with Gasteiger partial charge in [0.25, 0.3) is 5.89 Å². The number of oxazole rings is 1. The van der Waals surface area contributed by atoms with Crippen LogP contribution in [-0.2, 0) is 0 Å². The maximum atomic E-state index is 12.3. The van der Waals surface area contributed by atoms with Crippen LogP contribution in [0.4, 0.5) is 0 Å². The van der Waals surface area contributed by atoms with Gasteiger partial charge in [0, 0.05) is 6.42 Å². The van der Waals surface area contributed by atoms with Crippen LogP contribution in [0.5, 0.6) is 0 Å². The molecule has 0 bridgehead atoms. The van der Waals surface area contributed by atoms with Crippen LogP contribution in [0.1, 0.15) is 113 Å². The van der Waals surface area contributed by atoms with Crippen LogP contribution in [0, 0.1) is 6.92 Å². The lowest BCUT2D eigenvalue weighted by Gasteiger charge is -2.00. The third kappa shape index (κ3) is 9.43. The maximum absolute atomic E-state index is 12.3. The number of unbranched alkanes of at least 4 members (excludes halogenated alkanes) is 11. The van der Waals surface area contributed by atoms with Crippen molar-refractivity contribution in [2.24, 2.45) is 0 Å². The zero-order valence-corrected chi connectivity index (χ0v) is 18.5. The van der Waals surface area contributed by atoms with Gasteiger partial charge >= 0.3 is 0 Å². The van der Waals surface area contributed by atoms with E-state index in [0.717, 1.165) is 23.9 Å². The van der Waals surface area contributed by atoms with Crippen LogP contribution in [0.15, 0.2) is 34.8 Å². The number of aryl methyl sites for hydroxylation is 1. The van der Waals surface area contributed by atoms with Gasteiger partial charge in [-0.1, -0.05) is 76.5 Å². The average Bonchev–Trinajstić information content (AvgIpc) is 3.14. The van der Waals surface area contributed by atoms with Crippen molar-refractivity contribution in [3.63, 3.8) is 0 Å². The molecule has 0 aliphatic rings. The fourth-order valence-corrected chi connectivity index (χ4v) is 3.61. The Labute approximate surface area is 177 Å². The highest BCUT2D eigenvalue weighted by atomic mass is 16.4. The lowest BCUT2D eigenvalue weighted by molar-refractivity contribution is 0.0947. The molecule has 3 nitrogen and oxygen atoms in total. The number of hydrogen-bond donors (Lipinski definition) is 0. The second-order valence-electron chi connectivity index (χ2n) is 8.25. The molecule has 0 spiro atoms. The Kier molecular flexibility index (Phi) is 11.4. The van der Waals surface area contributed by atoms with Crippen LogP contribution in [0.2, 0.25) is 0 Å². The molecule has 1 aromatic carbocycles. The molecule has 0 N–H and O–H groups in total. The highest BCUT2D eigenvalue weighted by molar-refractivity contribution is 5.94. The molecule has 160 valence electrons. The molecule has 0 aliphatic carbocycles. The Morgan fingerprint density at radius 1 is 0.897 bits per heavy atom. The summed E-state index contributed by atoms with van der Waals surface area (Å²) < 4.78 is 5.62. The van der Waals surface area contributed by atoms with Crippen molar-refractivity contribution in [3.8, 4) is 0 Å². The van der Waals surface area contributed by atoms with Crippen molar-refractivity contribution in [2.45, 2.75) is 104 Å². The van der Waals surface area contributed by atoms with Crippen LogP contribution >= 0.6 is 0 Å². The van der Waals surface area contributed by atoms with Gasteiger partial charge in [-0.3, -0.25) is 4.79 Å². The molecule has 0 unspecified atom stereocenters. The fourth-order valence-electron chi connectivity index (χ4n) is 3.61. The quantitative estimate of drug-likeness (QED) is 0.162. The molecule has 29 heavy (non-hydrogen) atoms. The number of rotatable bonds is 16. The summed E-state index contributed by atoms with van der Waals surface area (Å²) in [6, 6.07) is 5.83. The third-order valence-electron chi connectivity index (χ3n) is 5.45. The SMILES string of the molecule is CCCCCCCC/C=C\CCCCCCCC(=O)c1nc2ccc(C)cc2o1. The zero-order chi connectivity index (χ0) is 20.7. The fraction of sp³-hybridized carbons (Fsp3) is 0.615. The van der Waals surface area contributed by atoms with Crippen molar-refractivity contribution in [1.29, 1.82) is 0 Å². The molecule has 2 aromatic rings. The van der Waals surface area contributed by atoms with E-state index in [4.69, 9.17) is 4.42 Å². The van der Waals surface area contributed by atoms with Gasteiger partial charge in [0.1, 0.15) is 5.52 Å². The molecule has 0 amide bonds. The first-order chi connectivity index (χ1) is 14.2. The number of nitrogens with zero attached hydrogens (tertiary/aromatic N) is 1. The Hall–Kier alpha value is -1.90. The minimum atomic E-state index is 0.0245. The van der Waals surface area contributed by atoms with E-state index >= 15 is 0 Å². The summed E-state index contributed by atoms with van der Waals surface area (Å²) in [5.41, 5.74) is 2.59. The molecule has 0 saturated carbocycles. The van der Waals surface area contributed by atoms with Gasteiger partial charge in [-0.25, -0.2) is 4.98 Å². The number of benzene rings is 1. The monoisotopic (exact) mass is 397 g/mol. The maximum Gasteiger partial charge on any atom is 0.264 e. The molecule has 0 saturated heterocycles. The van der Waals surface area contributed by atoms with Crippen molar-refractivity contribution >= 4 is 16.9 Å². The number of ketones is 1. The first kappa shape index (κ1) is 23.4. The summed E-state index contributed by atoms with van der Waals surface area (Å²) in [5, 5.41) is 0. The predicted molar refractivity (Wildman–Crippen MR) is 123 cm³/mol. The standard InChI is InChI=1S/C26H39NO2/c1-3-4-5-6-7-8-9-10-11-12-13-14-15-16-17-18-24(28)26-27-23-20-19-22(2)21-25(23)29-26/h10-11,19-21H,3-9,12-18H2,1-2H3/b11-10-. The third-order valence-corrected chi connectivity index (χ3v) is 5.45. The normalized spacial score (nSPS) is 11.7. The molecular weight excluding hydrogens is 358 g/mol. The predicted octanol–water partition coefficient (Wildman–Crippen LogP) is 8.36. The summed E-state index contributed by atoms with van der Waals surface area (Å²) in [4.78, 5) is 16.6. The van der Waals surface area contributed by atoms with E-state index < -0.39 is 0 Å². The summed E-state index contributed by atoms with van der Waals surface area (Å²) in [7, 11) is 0. The summed E-state index contributed by atoms with van der Waals surface area (Å²) >= 11 is 0. The van der Waals surface area contributed by atoms with Crippen molar-refractivity contribution in [1.82, 2.24) is 4.98 Å². The molecule has 0 fully saturated rings. The van der Waals surface area contributed by atoms with E-state index in [1.54, 1.807) is 0 Å². The topological polar surface area (TPSA) is 43.1 Å². The molecule has 2 rings (SSSR count). The van der Waals surface area contributed by atoms with Gasteiger partial charge in [-0.05, 0) is 56.7 Å². The Morgan fingerprint density at radius 2 is 1.52 bits per heavy atom. The Balaban J connectivity index is 1.45. The van der Waals surface area contributed by atoms with E-state index in [-0.39, 0.29) is 11.7 Å². The summed E-state index contributed by atoms with van der Waals surface area (Å²) in [5.74, 6) is 0.289. The van der Waals surface area contributed by atoms with E-state index in [1.807, 2.05) is 25.1 Å². The number of fused-ring (bicyclic) bond motifs is 1. The molecule has 0 aliphatic heterocycles. The van der Waals surface area contributed by atoms with Gasteiger partial charge in [0.05, 0.1) is 0 Å². The second kappa shape index (κ2) is 14.1. The molecule has 1 heterocycles.